The summed E-state index contributed by atoms with van der Waals surface area (Å²) in [6.45, 7) is 1.85. The van der Waals surface area contributed by atoms with Crippen molar-refractivity contribution < 1.29 is 4.79 Å². The average molecular weight is 263 g/mol. The van der Waals surface area contributed by atoms with E-state index in [4.69, 9.17) is 11.6 Å². The lowest BCUT2D eigenvalue weighted by atomic mass is 9.95. The molecule has 0 fully saturated rings. The van der Waals surface area contributed by atoms with E-state index in [0.717, 1.165) is 29.8 Å². The van der Waals surface area contributed by atoms with Gasteiger partial charge in [-0.1, -0.05) is 11.6 Å². The van der Waals surface area contributed by atoms with E-state index in [1.165, 1.54) is 6.33 Å². The maximum atomic E-state index is 11.9. The summed E-state index contributed by atoms with van der Waals surface area (Å²) in [4.78, 5) is 19.9. The van der Waals surface area contributed by atoms with Crippen molar-refractivity contribution in [2.24, 2.45) is 0 Å². The first-order valence-electron chi connectivity index (χ1n) is 5.76. The van der Waals surface area contributed by atoms with Gasteiger partial charge in [-0.3, -0.25) is 4.79 Å². The number of carbonyl (C=O) groups is 1. The Morgan fingerprint density at radius 2 is 2.17 bits per heavy atom. The molecule has 1 aliphatic rings. The predicted octanol–water partition coefficient (Wildman–Crippen LogP) is 2.14. The molecule has 2 heterocycles. The minimum absolute atomic E-state index is 0.167. The molecular weight excluding hydrogens is 252 g/mol. The van der Waals surface area contributed by atoms with Gasteiger partial charge in [-0.05, 0) is 19.8 Å². The van der Waals surface area contributed by atoms with E-state index in [1.807, 2.05) is 6.92 Å². The molecular formula is C12H11ClN4O. The smallest absolute Gasteiger partial charge is 0.166 e. The van der Waals surface area contributed by atoms with Gasteiger partial charge in [0.05, 0.1) is 17.0 Å². The van der Waals surface area contributed by atoms with Crippen LogP contribution in [0.3, 0.4) is 0 Å². The largest absolute Gasteiger partial charge is 0.294 e. The molecule has 2 aromatic heterocycles. The Balaban J connectivity index is 2.19. The minimum atomic E-state index is 0.167. The fourth-order valence-electron chi connectivity index (χ4n) is 2.34. The fourth-order valence-corrected chi connectivity index (χ4v) is 2.48. The minimum Gasteiger partial charge on any atom is -0.294 e. The molecule has 2 aromatic rings. The van der Waals surface area contributed by atoms with Crippen LogP contribution in [0.1, 0.15) is 34.6 Å². The molecule has 0 aromatic carbocycles. The lowest BCUT2D eigenvalue weighted by Crippen LogP contribution is -2.13. The summed E-state index contributed by atoms with van der Waals surface area (Å²) in [7, 11) is 0. The zero-order chi connectivity index (χ0) is 12.7. The van der Waals surface area contributed by atoms with Gasteiger partial charge in [0.15, 0.2) is 11.6 Å². The standard InChI is InChI=1S/C12H11ClN4O/c1-7-12-8(3-2-4-9(12)18)17(16-7)11-5-10(13)14-6-15-11/h5-6H,2-4H2,1H3. The quantitative estimate of drug-likeness (QED) is 0.739. The Bertz CT molecular complexity index is 635. The molecule has 0 atom stereocenters. The Morgan fingerprint density at radius 3 is 2.94 bits per heavy atom. The number of Topliss-reactive ketones (excluding diaryl/α,β-unsaturated/α-hetero) is 1. The van der Waals surface area contributed by atoms with Crippen molar-refractivity contribution in [3.8, 4) is 5.82 Å². The predicted molar refractivity (Wildman–Crippen MR) is 66.2 cm³/mol. The van der Waals surface area contributed by atoms with E-state index in [-0.39, 0.29) is 5.78 Å². The van der Waals surface area contributed by atoms with Gasteiger partial charge in [0.25, 0.3) is 0 Å². The average Bonchev–Trinajstić information content (AvgIpc) is 2.68. The summed E-state index contributed by atoms with van der Waals surface area (Å²) in [6, 6.07) is 1.65. The monoisotopic (exact) mass is 262 g/mol. The molecule has 0 radical (unpaired) electrons. The molecule has 0 saturated carbocycles. The van der Waals surface area contributed by atoms with E-state index >= 15 is 0 Å². The molecule has 0 amide bonds. The number of aromatic nitrogens is 4. The van der Waals surface area contributed by atoms with E-state index in [9.17, 15) is 4.79 Å². The first-order valence-corrected chi connectivity index (χ1v) is 6.14. The second-order valence-electron chi connectivity index (χ2n) is 4.29. The zero-order valence-electron chi connectivity index (χ0n) is 9.85. The molecule has 0 spiro atoms. The van der Waals surface area contributed by atoms with Crippen molar-refractivity contribution in [2.45, 2.75) is 26.2 Å². The third-order valence-electron chi connectivity index (χ3n) is 3.09. The van der Waals surface area contributed by atoms with Crippen LogP contribution in [0.2, 0.25) is 5.15 Å². The first-order chi connectivity index (χ1) is 8.66. The number of hydrogen-bond acceptors (Lipinski definition) is 4. The zero-order valence-corrected chi connectivity index (χ0v) is 10.6. The van der Waals surface area contributed by atoms with Gasteiger partial charge < -0.3 is 0 Å². The molecule has 5 nitrogen and oxygen atoms in total. The summed E-state index contributed by atoms with van der Waals surface area (Å²) in [5.41, 5.74) is 2.43. The maximum absolute atomic E-state index is 11.9. The van der Waals surface area contributed by atoms with Crippen LogP contribution in [0.25, 0.3) is 5.82 Å². The molecule has 0 saturated heterocycles. The van der Waals surface area contributed by atoms with Crippen LogP contribution < -0.4 is 0 Å². The first kappa shape index (κ1) is 11.3. The number of halogens is 1. The van der Waals surface area contributed by atoms with Crippen molar-refractivity contribution >= 4 is 17.4 Å². The molecule has 3 rings (SSSR count). The van der Waals surface area contributed by atoms with Crippen molar-refractivity contribution in [1.82, 2.24) is 19.7 Å². The number of fused-ring (bicyclic) bond motifs is 1. The summed E-state index contributed by atoms with van der Waals surface area (Å²) >= 11 is 5.85. The van der Waals surface area contributed by atoms with E-state index in [1.54, 1.807) is 10.7 Å². The highest BCUT2D eigenvalue weighted by molar-refractivity contribution is 6.29. The molecule has 0 aliphatic heterocycles. The lowest BCUT2D eigenvalue weighted by Gasteiger charge is -2.12. The summed E-state index contributed by atoms with van der Waals surface area (Å²) in [5, 5.41) is 4.77. The number of aryl methyl sites for hydroxylation is 1. The number of nitrogens with zero attached hydrogens (tertiary/aromatic N) is 4. The molecule has 0 bridgehead atoms. The van der Waals surface area contributed by atoms with Crippen LogP contribution in [0.5, 0.6) is 0 Å². The molecule has 92 valence electrons. The highest BCUT2D eigenvalue weighted by Gasteiger charge is 2.25. The summed E-state index contributed by atoms with van der Waals surface area (Å²) < 4.78 is 1.70. The highest BCUT2D eigenvalue weighted by atomic mass is 35.5. The molecule has 18 heavy (non-hydrogen) atoms. The van der Waals surface area contributed by atoms with E-state index in [0.29, 0.717) is 17.4 Å². The SMILES string of the molecule is Cc1nn(-c2cc(Cl)ncn2)c2c1C(=O)CCC2. The van der Waals surface area contributed by atoms with Crippen molar-refractivity contribution in [1.29, 1.82) is 0 Å². The Morgan fingerprint density at radius 1 is 1.33 bits per heavy atom. The maximum Gasteiger partial charge on any atom is 0.166 e. The van der Waals surface area contributed by atoms with Gasteiger partial charge in [-0.2, -0.15) is 5.10 Å². The van der Waals surface area contributed by atoms with Crippen LogP contribution in [-0.4, -0.2) is 25.5 Å². The van der Waals surface area contributed by atoms with Gasteiger partial charge in [0.1, 0.15) is 11.5 Å². The molecule has 0 unspecified atom stereocenters. The van der Waals surface area contributed by atoms with Crippen molar-refractivity contribution in [3.63, 3.8) is 0 Å². The van der Waals surface area contributed by atoms with Crippen LogP contribution in [-0.2, 0) is 6.42 Å². The Kier molecular flexibility index (Phi) is 2.63. The normalized spacial score (nSPS) is 14.7. The second-order valence-corrected chi connectivity index (χ2v) is 4.68. The van der Waals surface area contributed by atoms with Gasteiger partial charge in [0.2, 0.25) is 0 Å². The lowest BCUT2D eigenvalue weighted by molar-refractivity contribution is 0.0971. The molecule has 0 N–H and O–H groups in total. The van der Waals surface area contributed by atoms with Gasteiger partial charge >= 0.3 is 0 Å². The third kappa shape index (κ3) is 1.71. The highest BCUT2D eigenvalue weighted by Crippen LogP contribution is 2.26. The fraction of sp³-hybridized carbons (Fsp3) is 0.333. The molecule has 6 heteroatoms. The van der Waals surface area contributed by atoms with E-state index in [2.05, 4.69) is 15.1 Å². The van der Waals surface area contributed by atoms with E-state index < -0.39 is 0 Å². The number of ketones is 1. The molecule has 1 aliphatic carbocycles. The summed E-state index contributed by atoms with van der Waals surface area (Å²) in [6.07, 6.45) is 3.69. The van der Waals surface area contributed by atoms with Gasteiger partial charge in [0, 0.05) is 12.5 Å². The van der Waals surface area contributed by atoms with Crippen LogP contribution in [0, 0.1) is 6.92 Å². The number of carbonyl (C=O) groups excluding carboxylic acids is 1. The second kappa shape index (κ2) is 4.17. The summed E-state index contributed by atoms with van der Waals surface area (Å²) in [5.74, 6) is 0.772. The number of hydrogen-bond donors (Lipinski definition) is 0. The van der Waals surface area contributed by atoms with Crippen molar-refractivity contribution in [2.75, 3.05) is 0 Å². The topological polar surface area (TPSA) is 60.7 Å². The third-order valence-corrected chi connectivity index (χ3v) is 3.30. The number of rotatable bonds is 1. The van der Waals surface area contributed by atoms with Gasteiger partial charge in [-0.25, -0.2) is 14.6 Å². The van der Waals surface area contributed by atoms with Crippen LogP contribution >= 0.6 is 11.6 Å². The van der Waals surface area contributed by atoms with Crippen LogP contribution in [0.4, 0.5) is 0 Å². The Hall–Kier alpha value is -1.75. The van der Waals surface area contributed by atoms with Gasteiger partial charge in [-0.15, -0.1) is 0 Å². The van der Waals surface area contributed by atoms with Crippen LogP contribution in [0.15, 0.2) is 12.4 Å². The van der Waals surface area contributed by atoms with Crippen molar-refractivity contribution in [3.05, 3.63) is 34.5 Å². The Labute approximate surface area is 109 Å².